The highest BCUT2D eigenvalue weighted by Gasteiger charge is 2.25. The third-order valence-electron chi connectivity index (χ3n) is 0.809. The standard InChI is InChI=1S/C6H7F3O/c7-6(8,9)4-2-1-3-5-10/h1,3,5H,2,4H2. The fourth-order valence-electron chi connectivity index (χ4n) is 0.399. The minimum atomic E-state index is -4.12. The first-order valence-electron chi connectivity index (χ1n) is 2.73. The lowest BCUT2D eigenvalue weighted by molar-refractivity contribution is -0.133. The molecule has 0 saturated heterocycles. The minimum absolute atomic E-state index is 0.123. The Morgan fingerprint density at radius 2 is 1.90 bits per heavy atom. The molecule has 0 bridgehead atoms. The summed E-state index contributed by atoms with van der Waals surface area (Å²) in [6, 6.07) is 0. The lowest BCUT2D eigenvalue weighted by Gasteiger charge is -2.01. The normalized spacial score (nSPS) is 12.3. The zero-order chi connectivity index (χ0) is 8.04. The smallest absolute Gasteiger partial charge is 0.299 e. The van der Waals surface area contributed by atoms with E-state index in [2.05, 4.69) is 0 Å². The molecule has 0 aliphatic heterocycles. The molecule has 0 amide bonds. The van der Waals surface area contributed by atoms with Crippen LogP contribution in [-0.2, 0) is 4.79 Å². The van der Waals surface area contributed by atoms with Gasteiger partial charge in [0, 0.05) is 6.42 Å². The number of allylic oxidation sites excluding steroid dienone is 2. The van der Waals surface area contributed by atoms with Crippen LogP contribution in [0.2, 0.25) is 0 Å². The number of aldehydes is 1. The van der Waals surface area contributed by atoms with E-state index in [1.807, 2.05) is 0 Å². The van der Waals surface area contributed by atoms with Gasteiger partial charge < -0.3 is 0 Å². The molecule has 0 aromatic heterocycles. The van der Waals surface area contributed by atoms with Crippen molar-refractivity contribution in [2.75, 3.05) is 0 Å². The molecule has 1 nitrogen and oxygen atoms in total. The predicted octanol–water partition coefficient (Wildman–Crippen LogP) is 2.08. The molecule has 0 unspecified atom stereocenters. The van der Waals surface area contributed by atoms with Gasteiger partial charge in [-0.2, -0.15) is 13.2 Å². The Labute approximate surface area is 56.5 Å². The number of alkyl halides is 3. The van der Waals surface area contributed by atoms with Crippen molar-refractivity contribution < 1.29 is 18.0 Å². The second kappa shape index (κ2) is 4.09. The summed E-state index contributed by atoms with van der Waals surface area (Å²) in [4.78, 5) is 9.56. The summed E-state index contributed by atoms with van der Waals surface area (Å²) < 4.78 is 34.1. The van der Waals surface area contributed by atoms with Crippen LogP contribution < -0.4 is 0 Å². The zero-order valence-corrected chi connectivity index (χ0v) is 5.19. The van der Waals surface area contributed by atoms with Crippen LogP contribution in [-0.4, -0.2) is 12.5 Å². The lowest BCUT2D eigenvalue weighted by Crippen LogP contribution is -2.05. The maximum atomic E-state index is 11.4. The van der Waals surface area contributed by atoms with Crippen LogP contribution in [0.15, 0.2) is 12.2 Å². The van der Waals surface area contributed by atoms with Crippen molar-refractivity contribution in [3.63, 3.8) is 0 Å². The van der Waals surface area contributed by atoms with Gasteiger partial charge >= 0.3 is 6.18 Å². The highest BCUT2D eigenvalue weighted by molar-refractivity contribution is 5.64. The number of hydrogen-bond donors (Lipinski definition) is 0. The van der Waals surface area contributed by atoms with E-state index in [1.165, 1.54) is 6.08 Å². The maximum absolute atomic E-state index is 11.4. The molecule has 0 fully saturated rings. The van der Waals surface area contributed by atoms with Gasteiger partial charge in [0.2, 0.25) is 0 Å². The highest BCUT2D eigenvalue weighted by atomic mass is 19.4. The molecule has 0 radical (unpaired) electrons. The van der Waals surface area contributed by atoms with Crippen LogP contribution in [0.1, 0.15) is 12.8 Å². The first kappa shape index (κ1) is 9.20. The first-order valence-corrected chi connectivity index (χ1v) is 2.73. The van der Waals surface area contributed by atoms with E-state index in [0.717, 1.165) is 6.08 Å². The summed E-state index contributed by atoms with van der Waals surface area (Å²) in [5.74, 6) is 0. The maximum Gasteiger partial charge on any atom is 0.389 e. The van der Waals surface area contributed by atoms with Crippen LogP contribution in [0.4, 0.5) is 13.2 Å². The summed E-state index contributed by atoms with van der Waals surface area (Å²) in [7, 11) is 0. The van der Waals surface area contributed by atoms with E-state index in [9.17, 15) is 18.0 Å². The molecule has 4 heteroatoms. The molecule has 0 N–H and O–H groups in total. The summed E-state index contributed by atoms with van der Waals surface area (Å²) >= 11 is 0. The molecular weight excluding hydrogens is 145 g/mol. The molecule has 0 heterocycles. The van der Waals surface area contributed by atoms with Crippen LogP contribution in [0.25, 0.3) is 0 Å². The molecule has 0 spiro atoms. The zero-order valence-electron chi connectivity index (χ0n) is 5.19. The van der Waals surface area contributed by atoms with Crippen molar-refractivity contribution in [3.8, 4) is 0 Å². The number of carbonyl (C=O) groups is 1. The van der Waals surface area contributed by atoms with Gasteiger partial charge in [-0.05, 0) is 12.5 Å². The SMILES string of the molecule is O=CC=CCCC(F)(F)F. The van der Waals surface area contributed by atoms with Gasteiger partial charge in [0.05, 0.1) is 0 Å². The van der Waals surface area contributed by atoms with Crippen LogP contribution in [0.5, 0.6) is 0 Å². The van der Waals surface area contributed by atoms with E-state index >= 15 is 0 Å². The van der Waals surface area contributed by atoms with Crippen molar-refractivity contribution in [2.45, 2.75) is 19.0 Å². The molecule has 0 aliphatic carbocycles. The third kappa shape index (κ3) is 7.20. The van der Waals surface area contributed by atoms with Crippen molar-refractivity contribution in [1.82, 2.24) is 0 Å². The number of rotatable bonds is 3. The van der Waals surface area contributed by atoms with Gasteiger partial charge in [-0.3, -0.25) is 4.79 Å². The topological polar surface area (TPSA) is 17.1 Å². The molecule has 0 aromatic rings. The first-order chi connectivity index (χ1) is 4.56. The van der Waals surface area contributed by atoms with Gasteiger partial charge in [0.25, 0.3) is 0 Å². The fraction of sp³-hybridized carbons (Fsp3) is 0.500. The monoisotopic (exact) mass is 152 g/mol. The van der Waals surface area contributed by atoms with E-state index in [-0.39, 0.29) is 6.42 Å². The molecular formula is C6H7F3O. The van der Waals surface area contributed by atoms with E-state index < -0.39 is 12.6 Å². The van der Waals surface area contributed by atoms with Crippen molar-refractivity contribution >= 4 is 6.29 Å². The molecule has 0 aromatic carbocycles. The Bertz CT molecular complexity index is 125. The Balaban J connectivity index is 3.37. The summed E-state index contributed by atoms with van der Waals surface area (Å²) in [6.45, 7) is 0. The average molecular weight is 152 g/mol. The Hall–Kier alpha value is -0.800. The van der Waals surface area contributed by atoms with E-state index in [0.29, 0.717) is 6.29 Å². The van der Waals surface area contributed by atoms with E-state index in [4.69, 9.17) is 0 Å². The summed E-state index contributed by atoms with van der Waals surface area (Å²) in [5, 5.41) is 0. The second-order valence-corrected chi connectivity index (χ2v) is 1.72. The molecule has 58 valence electrons. The Kier molecular flexibility index (Phi) is 3.76. The summed E-state index contributed by atoms with van der Waals surface area (Å²) in [6.07, 6.45) is -2.39. The molecule has 0 aliphatic rings. The highest BCUT2D eigenvalue weighted by Crippen LogP contribution is 2.21. The van der Waals surface area contributed by atoms with Crippen LogP contribution >= 0.6 is 0 Å². The number of hydrogen-bond acceptors (Lipinski definition) is 1. The van der Waals surface area contributed by atoms with Crippen molar-refractivity contribution in [1.29, 1.82) is 0 Å². The van der Waals surface area contributed by atoms with Crippen LogP contribution in [0, 0.1) is 0 Å². The van der Waals surface area contributed by atoms with Gasteiger partial charge in [-0.1, -0.05) is 6.08 Å². The van der Waals surface area contributed by atoms with Crippen molar-refractivity contribution in [2.24, 2.45) is 0 Å². The quantitative estimate of drug-likeness (QED) is 0.447. The predicted molar refractivity (Wildman–Crippen MR) is 30.5 cm³/mol. The molecule has 0 atom stereocenters. The van der Waals surface area contributed by atoms with Gasteiger partial charge in [0.1, 0.15) is 6.29 Å². The largest absolute Gasteiger partial charge is 0.389 e. The molecule has 0 saturated carbocycles. The second-order valence-electron chi connectivity index (χ2n) is 1.72. The van der Waals surface area contributed by atoms with Gasteiger partial charge in [-0.15, -0.1) is 0 Å². The molecule has 0 rings (SSSR count). The number of halogens is 3. The molecule has 10 heavy (non-hydrogen) atoms. The van der Waals surface area contributed by atoms with E-state index in [1.54, 1.807) is 0 Å². The van der Waals surface area contributed by atoms with Crippen LogP contribution in [0.3, 0.4) is 0 Å². The lowest BCUT2D eigenvalue weighted by atomic mass is 10.3. The van der Waals surface area contributed by atoms with Crippen molar-refractivity contribution in [3.05, 3.63) is 12.2 Å². The van der Waals surface area contributed by atoms with Gasteiger partial charge in [0.15, 0.2) is 0 Å². The Morgan fingerprint density at radius 1 is 1.30 bits per heavy atom. The Morgan fingerprint density at radius 3 is 2.30 bits per heavy atom. The third-order valence-corrected chi connectivity index (χ3v) is 0.809. The summed E-state index contributed by atoms with van der Waals surface area (Å²) in [5.41, 5.74) is 0. The average Bonchev–Trinajstić information content (AvgIpc) is 1.78. The fourth-order valence-corrected chi connectivity index (χ4v) is 0.399. The minimum Gasteiger partial charge on any atom is -0.299 e. The van der Waals surface area contributed by atoms with Gasteiger partial charge in [-0.25, -0.2) is 0 Å². The number of carbonyl (C=O) groups excluding carboxylic acids is 1.